The summed E-state index contributed by atoms with van der Waals surface area (Å²) >= 11 is 3.26. The summed E-state index contributed by atoms with van der Waals surface area (Å²) in [6, 6.07) is 7.70. The molecule has 1 atom stereocenters. The molecule has 1 aliphatic rings. The number of amides is 2. The van der Waals surface area contributed by atoms with Gasteiger partial charge in [0, 0.05) is 17.2 Å². The highest BCUT2D eigenvalue weighted by Gasteiger charge is 2.41. The molecule has 0 fully saturated rings. The summed E-state index contributed by atoms with van der Waals surface area (Å²) in [4.78, 5) is 32.5. The molecule has 0 spiro atoms. The van der Waals surface area contributed by atoms with Crippen molar-refractivity contribution in [2.75, 3.05) is 17.2 Å². The van der Waals surface area contributed by atoms with Gasteiger partial charge in [0.1, 0.15) is 12.4 Å². The Kier molecular flexibility index (Phi) is 7.11. The first-order valence-corrected chi connectivity index (χ1v) is 13.7. The SMILES string of the molecule is CC(C)(C)c1nn(C(C)(C)C)c2c1C(c1ccsc1)SCC(=O)N2CC(=O)NCc1ccccn1. The molecule has 4 rings (SSSR count). The topological polar surface area (TPSA) is 80.1 Å². The van der Waals surface area contributed by atoms with Gasteiger partial charge in [-0.05, 0) is 55.3 Å². The standard InChI is InChI=1S/C26H33N5O2S2/c1-25(2,3)23-21-22(17-10-12-34-15-17)35-16-20(33)30(24(21)31(29-23)26(4,5)6)14-19(32)28-13-18-9-7-8-11-27-18/h7-12,15,22H,13-14,16H2,1-6H3,(H,28,32). The number of hydrogen-bond acceptors (Lipinski definition) is 6. The fraction of sp³-hybridized carbons (Fsp3) is 0.462. The predicted molar refractivity (Wildman–Crippen MR) is 143 cm³/mol. The van der Waals surface area contributed by atoms with Gasteiger partial charge in [-0.25, -0.2) is 4.68 Å². The van der Waals surface area contributed by atoms with Gasteiger partial charge >= 0.3 is 0 Å². The third-order valence-electron chi connectivity index (χ3n) is 5.78. The Morgan fingerprint density at radius 3 is 2.54 bits per heavy atom. The summed E-state index contributed by atoms with van der Waals surface area (Å²) in [6.07, 6.45) is 1.70. The van der Waals surface area contributed by atoms with E-state index in [9.17, 15) is 9.59 Å². The van der Waals surface area contributed by atoms with Gasteiger partial charge in [0.25, 0.3) is 0 Å². The van der Waals surface area contributed by atoms with Crippen LogP contribution in [0, 0.1) is 0 Å². The molecule has 4 heterocycles. The molecule has 0 aromatic carbocycles. The summed E-state index contributed by atoms with van der Waals surface area (Å²) in [5.41, 5.74) is 3.29. The monoisotopic (exact) mass is 511 g/mol. The highest BCUT2D eigenvalue weighted by molar-refractivity contribution is 8.00. The molecule has 3 aromatic rings. The quantitative estimate of drug-likeness (QED) is 0.528. The Labute approximate surface area is 215 Å². The maximum atomic E-state index is 13.5. The zero-order valence-electron chi connectivity index (χ0n) is 21.2. The first kappa shape index (κ1) is 25.4. The van der Waals surface area contributed by atoms with E-state index in [1.165, 1.54) is 0 Å². The number of carbonyl (C=O) groups excluding carboxylic acids is 2. The van der Waals surface area contributed by atoms with Crippen LogP contribution in [-0.2, 0) is 27.1 Å². The number of fused-ring (bicyclic) bond motifs is 1. The van der Waals surface area contributed by atoms with Crippen molar-refractivity contribution in [1.82, 2.24) is 20.1 Å². The lowest BCUT2D eigenvalue weighted by molar-refractivity contribution is -0.123. The summed E-state index contributed by atoms with van der Waals surface area (Å²) in [5, 5.41) is 12.2. The Hall–Kier alpha value is -2.65. The highest BCUT2D eigenvalue weighted by Crippen LogP contribution is 2.49. The predicted octanol–water partition coefficient (Wildman–Crippen LogP) is 4.88. The number of pyridine rings is 1. The highest BCUT2D eigenvalue weighted by atomic mass is 32.2. The van der Waals surface area contributed by atoms with Gasteiger partial charge in [0.15, 0.2) is 0 Å². The molecular weight excluding hydrogens is 478 g/mol. The second kappa shape index (κ2) is 9.78. The number of thioether (sulfide) groups is 1. The third-order valence-corrected chi connectivity index (χ3v) is 7.73. The Bertz CT molecular complexity index is 1190. The van der Waals surface area contributed by atoms with Crippen molar-refractivity contribution in [2.45, 2.75) is 64.3 Å². The normalized spacial score (nSPS) is 16.7. The van der Waals surface area contributed by atoms with E-state index in [0.717, 1.165) is 28.3 Å². The summed E-state index contributed by atoms with van der Waals surface area (Å²) in [5.74, 6) is 0.693. The van der Waals surface area contributed by atoms with E-state index < -0.39 is 0 Å². The van der Waals surface area contributed by atoms with Gasteiger partial charge in [-0.2, -0.15) is 16.4 Å². The number of nitrogens with one attached hydrogen (secondary N) is 1. The Morgan fingerprint density at radius 1 is 1.17 bits per heavy atom. The van der Waals surface area contributed by atoms with Crippen molar-refractivity contribution in [3.8, 4) is 0 Å². The molecule has 3 aromatic heterocycles. The molecule has 35 heavy (non-hydrogen) atoms. The van der Waals surface area contributed by atoms with E-state index in [0.29, 0.717) is 6.54 Å². The van der Waals surface area contributed by atoms with Crippen molar-refractivity contribution >= 4 is 40.7 Å². The Balaban J connectivity index is 1.79. The van der Waals surface area contributed by atoms with Crippen molar-refractivity contribution in [1.29, 1.82) is 0 Å². The molecule has 0 saturated heterocycles. The molecule has 1 unspecified atom stereocenters. The van der Waals surface area contributed by atoms with Crippen LogP contribution in [0.1, 0.15) is 69.3 Å². The number of carbonyl (C=O) groups is 2. The average molecular weight is 512 g/mol. The molecule has 7 nitrogen and oxygen atoms in total. The summed E-state index contributed by atoms with van der Waals surface area (Å²) in [7, 11) is 0. The van der Waals surface area contributed by atoms with Crippen molar-refractivity contribution in [3.05, 3.63) is 63.7 Å². The van der Waals surface area contributed by atoms with Crippen LogP contribution in [0.4, 0.5) is 5.82 Å². The van der Waals surface area contributed by atoms with Crippen LogP contribution < -0.4 is 10.2 Å². The van der Waals surface area contributed by atoms with Crippen LogP contribution in [0.2, 0.25) is 0 Å². The van der Waals surface area contributed by atoms with Gasteiger partial charge in [-0.1, -0.05) is 26.8 Å². The number of anilines is 1. The minimum Gasteiger partial charge on any atom is -0.349 e. The lowest BCUT2D eigenvalue weighted by Gasteiger charge is -2.28. The van der Waals surface area contributed by atoms with Crippen LogP contribution in [0.5, 0.6) is 0 Å². The molecule has 0 aliphatic carbocycles. The molecule has 186 valence electrons. The second-order valence-corrected chi connectivity index (χ2v) is 12.6. The zero-order valence-corrected chi connectivity index (χ0v) is 22.8. The minimum atomic E-state index is -0.384. The fourth-order valence-electron chi connectivity index (χ4n) is 4.12. The lowest BCUT2D eigenvalue weighted by Crippen LogP contribution is -2.43. The van der Waals surface area contributed by atoms with Crippen LogP contribution in [0.25, 0.3) is 0 Å². The van der Waals surface area contributed by atoms with Gasteiger partial charge in [0.05, 0.1) is 34.5 Å². The number of hydrogen-bond donors (Lipinski definition) is 1. The minimum absolute atomic E-state index is 0.0351. The molecular formula is C26H33N5O2S2. The van der Waals surface area contributed by atoms with E-state index >= 15 is 0 Å². The van der Waals surface area contributed by atoms with Gasteiger partial charge in [-0.3, -0.25) is 19.5 Å². The van der Waals surface area contributed by atoms with E-state index in [1.807, 2.05) is 22.9 Å². The molecule has 0 bridgehead atoms. The van der Waals surface area contributed by atoms with Crippen molar-refractivity contribution < 1.29 is 9.59 Å². The largest absolute Gasteiger partial charge is 0.349 e. The summed E-state index contributed by atoms with van der Waals surface area (Å²) < 4.78 is 1.94. The molecule has 0 radical (unpaired) electrons. The fourth-order valence-corrected chi connectivity index (χ4v) is 6.08. The first-order valence-electron chi connectivity index (χ1n) is 11.7. The maximum absolute atomic E-state index is 13.5. The molecule has 2 amide bonds. The molecule has 1 N–H and O–H groups in total. The van der Waals surface area contributed by atoms with Crippen molar-refractivity contribution in [3.63, 3.8) is 0 Å². The molecule has 9 heteroatoms. The maximum Gasteiger partial charge on any atom is 0.240 e. The van der Waals surface area contributed by atoms with Crippen LogP contribution in [0.3, 0.4) is 0 Å². The van der Waals surface area contributed by atoms with E-state index in [1.54, 1.807) is 34.2 Å². The summed E-state index contributed by atoms with van der Waals surface area (Å²) in [6.45, 7) is 12.9. The molecule has 0 saturated carbocycles. The van der Waals surface area contributed by atoms with Crippen LogP contribution >= 0.6 is 23.1 Å². The zero-order chi connectivity index (χ0) is 25.4. The average Bonchev–Trinajstić information content (AvgIpc) is 3.43. The number of rotatable bonds is 5. The smallest absolute Gasteiger partial charge is 0.240 e. The first-order chi connectivity index (χ1) is 16.5. The Morgan fingerprint density at radius 2 is 1.94 bits per heavy atom. The third kappa shape index (κ3) is 5.46. The van der Waals surface area contributed by atoms with Crippen LogP contribution in [0.15, 0.2) is 41.2 Å². The van der Waals surface area contributed by atoms with E-state index in [2.05, 4.69) is 68.7 Å². The number of nitrogens with zero attached hydrogens (tertiary/aromatic N) is 4. The van der Waals surface area contributed by atoms with E-state index in [-0.39, 0.29) is 40.3 Å². The van der Waals surface area contributed by atoms with E-state index in [4.69, 9.17) is 5.10 Å². The van der Waals surface area contributed by atoms with Crippen LogP contribution in [-0.4, -0.2) is 38.9 Å². The second-order valence-electron chi connectivity index (χ2n) is 10.7. The number of aromatic nitrogens is 3. The van der Waals surface area contributed by atoms with Crippen molar-refractivity contribution in [2.24, 2.45) is 0 Å². The molecule has 1 aliphatic heterocycles. The lowest BCUT2D eigenvalue weighted by atomic mass is 9.87. The number of thiophene rings is 1. The van der Waals surface area contributed by atoms with Gasteiger partial charge in [-0.15, -0.1) is 11.8 Å². The van der Waals surface area contributed by atoms with Gasteiger partial charge in [0.2, 0.25) is 11.8 Å². The van der Waals surface area contributed by atoms with Gasteiger partial charge < -0.3 is 5.32 Å².